The van der Waals surface area contributed by atoms with Crippen LogP contribution in [0, 0.1) is 5.92 Å². The van der Waals surface area contributed by atoms with Crippen molar-refractivity contribution in [2.75, 3.05) is 5.73 Å². The summed E-state index contributed by atoms with van der Waals surface area (Å²) in [6.45, 7) is 9.14. The molecule has 1 aromatic carbocycles. The normalized spacial score (nSPS) is 11.4. The molecule has 154 valence electrons. The number of hydrogen-bond donors (Lipinski definition) is 1. The number of hydrogen-bond acceptors (Lipinski definition) is 6. The van der Waals surface area contributed by atoms with Gasteiger partial charge in [0.25, 0.3) is 0 Å². The van der Waals surface area contributed by atoms with Gasteiger partial charge in [-0.15, -0.1) is 0 Å². The molecule has 0 saturated carbocycles. The molecule has 0 saturated heterocycles. The Hall–Kier alpha value is -3.48. The summed E-state index contributed by atoms with van der Waals surface area (Å²) < 4.78 is 2.13. The van der Waals surface area contributed by atoms with Gasteiger partial charge in [0.05, 0.1) is 11.2 Å². The highest BCUT2D eigenvalue weighted by Gasteiger charge is 2.19. The highest BCUT2D eigenvalue weighted by atomic mass is 16.6. The molecule has 7 heteroatoms. The zero-order valence-electron chi connectivity index (χ0n) is 17.8. The van der Waals surface area contributed by atoms with Crippen LogP contribution in [0.1, 0.15) is 33.5 Å². The maximum absolute atomic E-state index is 6.32. The number of benzene rings is 1. The molecular weight excluding hydrogens is 376 g/mol. The van der Waals surface area contributed by atoms with Gasteiger partial charge in [-0.05, 0) is 31.4 Å². The standard InChI is InChI=1S/C23H26N6O/c1-14(2)12-29-19(13-30-28-15(3)4)27-21-22(29)20-18(26-23(21)24)10-17(11-25-20)16-8-6-5-7-9-16/h5-11,14H,12-13H2,1-4H3,(H2,24,26). The van der Waals surface area contributed by atoms with Crippen molar-refractivity contribution in [3.05, 3.63) is 48.4 Å². The largest absolute Gasteiger partial charge is 0.388 e. The second-order valence-electron chi connectivity index (χ2n) is 8.00. The van der Waals surface area contributed by atoms with E-state index in [1.54, 1.807) is 0 Å². The second-order valence-corrected chi connectivity index (χ2v) is 8.00. The fourth-order valence-corrected chi connectivity index (χ4v) is 3.50. The Morgan fingerprint density at radius 1 is 1.10 bits per heavy atom. The lowest BCUT2D eigenvalue weighted by Gasteiger charge is -2.12. The van der Waals surface area contributed by atoms with Gasteiger partial charge in [-0.2, -0.15) is 0 Å². The van der Waals surface area contributed by atoms with Crippen LogP contribution in [0.2, 0.25) is 0 Å². The predicted molar refractivity (Wildman–Crippen MR) is 121 cm³/mol. The van der Waals surface area contributed by atoms with Gasteiger partial charge in [0.1, 0.15) is 16.6 Å². The molecule has 4 rings (SSSR count). The van der Waals surface area contributed by atoms with Crippen molar-refractivity contribution in [1.29, 1.82) is 0 Å². The van der Waals surface area contributed by atoms with E-state index < -0.39 is 0 Å². The first-order chi connectivity index (χ1) is 14.4. The molecule has 7 nitrogen and oxygen atoms in total. The molecule has 0 aliphatic rings. The van der Waals surface area contributed by atoms with E-state index in [-0.39, 0.29) is 6.61 Å². The number of fused-ring (bicyclic) bond motifs is 3. The summed E-state index contributed by atoms with van der Waals surface area (Å²) in [5.41, 5.74) is 12.3. The first kappa shape index (κ1) is 19.8. The average Bonchev–Trinajstić information content (AvgIpc) is 3.06. The number of pyridine rings is 2. The summed E-state index contributed by atoms with van der Waals surface area (Å²) in [7, 11) is 0. The number of oxime groups is 1. The maximum atomic E-state index is 6.32. The molecule has 0 fully saturated rings. The van der Waals surface area contributed by atoms with Crippen LogP contribution in [0.15, 0.2) is 47.8 Å². The number of aromatic nitrogens is 4. The third-order valence-electron chi connectivity index (χ3n) is 4.72. The van der Waals surface area contributed by atoms with E-state index >= 15 is 0 Å². The Bertz CT molecular complexity index is 1220. The van der Waals surface area contributed by atoms with Crippen molar-refractivity contribution >= 4 is 33.6 Å². The van der Waals surface area contributed by atoms with Crippen LogP contribution in [0.3, 0.4) is 0 Å². The number of imidazole rings is 1. The van der Waals surface area contributed by atoms with E-state index in [4.69, 9.17) is 20.5 Å². The van der Waals surface area contributed by atoms with Crippen LogP contribution in [0.4, 0.5) is 5.82 Å². The van der Waals surface area contributed by atoms with Gasteiger partial charge in [0.2, 0.25) is 0 Å². The summed E-state index contributed by atoms with van der Waals surface area (Å²) in [5, 5.41) is 4.04. The molecule has 0 aliphatic heterocycles. The third kappa shape index (κ3) is 3.83. The maximum Gasteiger partial charge on any atom is 0.174 e. The van der Waals surface area contributed by atoms with E-state index in [0.717, 1.165) is 45.8 Å². The van der Waals surface area contributed by atoms with Crippen LogP contribution in [-0.4, -0.2) is 25.2 Å². The number of anilines is 1. The highest BCUT2D eigenvalue weighted by molar-refractivity contribution is 6.05. The Morgan fingerprint density at radius 3 is 2.57 bits per heavy atom. The van der Waals surface area contributed by atoms with Gasteiger partial charge in [-0.3, -0.25) is 4.98 Å². The first-order valence-corrected chi connectivity index (χ1v) is 10.1. The van der Waals surface area contributed by atoms with Crippen molar-refractivity contribution in [3.8, 4) is 11.1 Å². The molecule has 0 amide bonds. The van der Waals surface area contributed by atoms with Crippen LogP contribution in [-0.2, 0) is 18.0 Å². The lowest BCUT2D eigenvalue weighted by Crippen LogP contribution is -2.10. The van der Waals surface area contributed by atoms with E-state index in [2.05, 4.69) is 40.7 Å². The molecule has 30 heavy (non-hydrogen) atoms. The highest BCUT2D eigenvalue weighted by Crippen LogP contribution is 2.31. The van der Waals surface area contributed by atoms with Gasteiger partial charge in [-0.1, -0.05) is 49.3 Å². The Kier molecular flexibility index (Phi) is 5.35. The zero-order chi connectivity index (χ0) is 21.3. The molecule has 0 atom stereocenters. The van der Waals surface area contributed by atoms with Crippen molar-refractivity contribution in [2.45, 2.75) is 40.8 Å². The van der Waals surface area contributed by atoms with Crippen LogP contribution in [0.25, 0.3) is 33.2 Å². The van der Waals surface area contributed by atoms with E-state index in [0.29, 0.717) is 17.3 Å². The van der Waals surface area contributed by atoms with Crippen LogP contribution >= 0.6 is 0 Å². The summed E-state index contributed by atoms with van der Waals surface area (Å²) in [6.07, 6.45) is 1.88. The van der Waals surface area contributed by atoms with Gasteiger partial charge < -0.3 is 15.1 Å². The van der Waals surface area contributed by atoms with E-state index in [9.17, 15) is 0 Å². The van der Waals surface area contributed by atoms with Gasteiger partial charge in [0.15, 0.2) is 18.2 Å². The average molecular weight is 403 g/mol. The summed E-state index contributed by atoms with van der Waals surface area (Å²) in [4.78, 5) is 19.6. The molecule has 0 spiro atoms. The Labute approximate surface area is 175 Å². The molecular formula is C23H26N6O. The Morgan fingerprint density at radius 2 is 1.87 bits per heavy atom. The molecule has 3 heterocycles. The summed E-state index contributed by atoms with van der Waals surface area (Å²) in [6, 6.07) is 12.2. The first-order valence-electron chi connectivity index (χ1n) is 10.1. The van der Waals surface area contributed by atoms with Crippen molar-refractivity contribution < 1.29 is 4.84 Å². The number of nitrogens with two attached hydrogens (primary N) is 1. The van der Waals surface area contributed by atoms with Gasteiger partial charge >= 0.3 is 0 Å². The molecule has 0 radical (unpaired) electrons. The molecule has 0 unspecified atom stereocenters. The minimum absolute atomic E-state index is 0.260. The van der Waals surface area contributed by atoms with Gasteiger partial charge in [0, 0.05) is 18.3 Å². The Balaban J connectivity index is 1.90. The lowest BCUT2D eigenvalue weighted by molar-refractivity contribution is 0.121. The smallest absolute Gasteiger partial charge is 0.174 e. The van der Waals surface area contributed by atoms with Gasteiger partial charge in [-0.25, -0.2) is 9.97 Å². The third-order valence-corrected chi connectivity index (χ3v) is 4.72. The van der Waals surface area contributed by atoms with Crippen molar-refractivity contribution in [2.24, 2.45) is 11.1 Å². The SMILES string of the molecule is CC(C)=NOCc1nc2c(N)nc3cc(-c4ccccc4)cnc3c2n1CC(C)C. The van der Waals surface area contributed by atoms with E-state index in [1.165, 1.54) is 0 Å². The molecule has 0 aliphatic carbocycles. The lowest BCUT2D eigenvalue weighted by atomic mass is 10.1. The zero-order valence-corrected chi connectivity index (χ0v) is 17.8. The fourth-order valence-electron chi connectivity index (χ4n) is 3.50. The quantitative estimate of drug-likeness (QED) is 0.370. The monoisotopic (exact) mass is 402 g/mol. The fraction of sp³-hybridized carbons (Fsp3) is 0.304. The summed E-state index contributed by atoms with van der Waals surface area (Å²) in [5.74, 6) is 1.56. The molecule has 3 aromatic heterocycles. The van der Waals surface area contributed by atoms with Crippen LogP contribution in [0.5, 0.6) is 0 Å². The van der Waals surface area contributed by atoms with Crippen molar-refractivity contribution in [1.82, 2.24) is 19.5 Å². The number of nitrogen functional groups attached to an aromatic ring is 1. The second kappa shape index (κ2) is 8.10. The molecule has 4 aromatic rings. The molecule has 0 bridgehead atoms. The number of rotatable bonds is 6. The molecule has 2 N–H and O–H groups in total. The predicted octanol–water partition coefficient (Wildman–Crippen LogP) is 4.80. The minimum Gasteiger partial charge on any atom is -0.388 e. The van der Waals surface area contributed by atoms with E-state index in [1.807, 2.05) is 44.3 Å². The van der Waals surface area contributed by atoms with Crippen LogP contribution < -0.4 is 5.73 Å². The number of nitrogens with zero attached hydrogens (tertiary/aromatic N) is 5. The topological polar surface area (TPSA) is 91.2 Å². The minimum atomic E-state index is 0.260. The summed E-state index contributed by atoms with van der Waals surface area (Å²) >= 11 is 0. The van der Waals surface area contributed by atoms with Crippen molar-refractivity contribution in [3.63, 3.8) is 0 Å².